The van der Waals surface area contributed by atoms with Crippen LogP contribution in [0.1, 0.15) is 37.5 Å². The van der Waals surface area contributed by atoms with E-state index in [9.17, 15) is 9.59 Å². The Labute approximate surface area is 163 Å². The van der Waals surface area contributed by atoms with Crippen LogP contribution in [0.4, 0.5) is 5.13 Å². The zero-order valence-corrected chi connectivity index (χ0v) is 16.8. The molecule has 0 bridgehead atoms. The number of carbonyl (C=O) groups excluding carboxylic acids is 2. The Bertz CT molecular complexity index is 816. The molecule has 1 unspecified atom stereocenters. The maximum absolute atomic E-state index is 12.7. The minimum atomic E-state index is -0.391. The number of rotatable bonds is 6. The third kappa shape index (κ3) is 4.30. The monoisotopic (exact) mass is 387 g/mol. The van der Waals surface area contributed by atoms with Gasteiger partial charge in [-0.15, -0.1) is 11.3 Å². The summed E-state index contributed by atoms with van der Waals surface area (Å²) >= 11 is 1.45. The van der Waals surface area contributed by atoms with Gasteiger partial charge in [0.25, 0.3) is 0 Å². The first kappa shape index (κ1) is 19.4. The number of carbonyl (C=O) groups is 2. The number of nitrogens with zero attached hydrogens (tertiary/aromatic N) is 2. The highest BCUT2D eigenvalue weighted by Crippen LogP contribution is 2.32. The quantitative estimate of drug-likeness (QED) is 0.817. The summed E-state index contributed by atoms with van der Waals surface area (Å²) < 4.78 is 5.19. The number of likely N-dealkylation sites (tertiary alicyclic amines) is 1. The smallest absolute Gasteiger partial charge is 0.248 e. The minimum Gasteiger partial charge on any atom is -0.497 e. The lowest BCUT2D eigenvalue weighted by molar-refractivity contribution is -0.136. The third-order valence-corrected chi connectivity index (χ3v) is 5.62. The Hall–Kier alpha value is -2.41. The molecule has 1 aliphatic heterocycles. The lowest BCUT2D eigenvalue weighted by atomic mass is 10.1. The second-order valence-corrected chi connectivity index (χ2v) is 7.84. The molecule has 2 amide bonds. The predicted molar refractivity (Wildman–Crippen MR) is 107 cm³/mol. The predicted octanol–water partition coefficient (Wildman–Crippen LogP) is 3.86. The van der Waals surface area contributed by atoms with Gasteiger partial charge in [0.15, 0.2) is 5.13 Å². The van der Waals surface area contributed by atoms with Crippen LogP contribution in [0, 0.1) is 6.92 Å². The summed E-state index contributed by atoms with van der Waals surface area (Å²) in [7, 11) is 1.63. The number of amides is 2. The molecule has 0 saturated carbocycles. The summed E-state index contributed by atoms with van der Waals surface area (Å²) in [5.74, 6) is 0.703. The second kappa shape index (κ2) is 8.52. The highest BCUT2D eigenvalue weighted by Gasteiger charge is 2.34. The van der Waals surface area contributed by atoms with Gasteiger partial charge in [-0.3, -0.25) is 9.59 Å². The molecule has 27 heavy (non-hydrogen) atoms. The molecule has 0 spiro atoms. The van der Waals surface area contributed by atoms with Crippen LogP contribution >= 0.6 is 11.3 Å². The summed E-state index contributed by atoms with van der Waals surface area (Å²) in [4.78, 5) is 32.3. The van der Waals surface area contributed by atoms with E-state index in [0.717, 1.165) is 34.7 Å². The minimum absolute atomic E-state index is 0.0596. The largest absolute Gasteiger partial charge is 0.497 e. The summed E-state index contributed by atoms with van der Waals surface area (Å²) in [6.07, 6.45) is 2.85. The van der Waals surface area contributed by atoms with Crippen molar-refractivity contribution in [2.75, 3.05) is 19.0 Å². The van der Waals surface area contributed by atoms with Gasteiger partial charge in [-0.2, -0.15) is 0 Å². The fourth-order valence-corrected chi connectivity index (χ4v) is 4.19. The first-order valence-corrected chi connectivity index (χ1v) is 10.1. The molecule has 144 valence electrons. The summed E-state index contributed by atoms with van der Waals surface area (Å²) in [6.45, 7) is 4.62. The summed E-state index contributed by atoms with van der Waals surface area (Å²) in [6, 6.07) is 7.30. The molecule has 1 saturated heterocycles. The number of ether oxygens (including phenoxy) is 1. The molecule has 1 aliphatic rings. The molecule has 6 nitrogen and oxygen atoms in total. The third-order valence-electron chi connectivity index (χ3n) is 4.73. The van der Waals surface area contributed by atoms with Crippen LogP contribution in [0.25, 0.3) is 11.3 Å². The van der Waals surface area contributed by atoms with Crippen molar-refractivity contribution in [3.63, 3.8) is 0 Å². The number of hydrogen-bond donors (Lipinski definition) is 1. The van der Waals surface area contributed by atoms with E-state index in [1.54, 1.807) is 12.0 Å². The molecule has 1 N–H and O–H groups in total. The van der Waals surface area contributed by atoms with Crippen molar-refractivity contribution >= 4 is 28.3 Å². The van der Waals surface area contributed by atoms with E-state index in [-0.39, 0.29) is 11.8 Å². The van der Waals surface area contributed by atoms with E-state index in [4.69, 9.17) is 4.74 Å². The van der Waals surface area contributed by atoms with Gasteiger partial charge in [-0.05, 0) is 50.5 Å². The van der Waals surface area contributed by atoms with Crippen molar-refractivity contribution in [1.29, 1.82) is 0 Å². The van der Waals surface area contributed by atoms with E-state index < -0.39 is 6.04 Å². The van der Waals surface area contributed by atoms with Crippen molar-refractivity contribution in [2.24, 2.45) is 0 Å². The molecular weight excluding hydrogens is 362 g/mol. The number of thiazole rings is 1. The van der Waals surface area contributed by atoms with Crippen molar-refractivity contribution in [3.05, 3.63) is 29.1 Å². The van der Waals surface area contributed by atoms with Gasteiger partial charge in [0, 0.05) is 23.4 Å². The number of nitrogens with one attached hydrogen (secondary N) is 1. The van der Waals surface area contributed by atoms with Gasteiger partial charge in [-0.1, -0.05) is 6.92 Å². The van der Waals surface area contributed by atoms with Crippen LogP contribution in [-0.2, 0) is 9.59 Å². The van der Waals surface area contributed by atoms with E-state index in [2.05, 4.69) is 10.3 Å². The molecule has 1 fully saturated rings. The molecule has 7 heteroatoms. The number of methoxy groups -OCH3 is 1. The van der Waals surface area contributed by atoms with Crippen molar-refractivity contribution < 1.29 is 14.3 Å². The Morgan fingerprint density at radius 1 is 1.33 bits per heavy atom. The van der Waals surface area contributed by atoms with Gasteiger partial charge in [-0.25, -0.2) is 4.98 Å². The SMILES string of the molecule is CCCC(=O)N1CCCC1C(=O)Nc1nc(-c2ccc(OC)cc2)c(C)s1. The first-order valence-electron chi connectivity index (χ1n) is 9.25. The fourth-order valence-electron chi connectivity index (χ4n) is 3.35. The molecule has 1 aromatic carbocycles. The van der Waals surface area contributed by atoms with Gasteiger partial charge >= 0.3 is 0 Å². The maximum Gasteiger partial charge on any atom is 0.248 e. The summed E-state index contributed by atoms with van der Waals surface area (Å²) in [5.41, 5.74) is 1.83. The highest BCUT2D eigenvalue weighted by molar-refractivity contribution is 7.16. The zero-order chi connectivity index (χ0) is 19.4. The Balaban J connectivity index is 1.72. The molecule has 3 rings (SSSR count). The number of anilines is 1. The molecule has 1 atom stereocenters. The molecule has 1 aromatic heterocycles. The van der Waals surface area contributed by atoms with Gasteiger partial charge in [0.05, 0.1) is 12.8 Å². The number of aryl methyl sites for hydroxylation is 1. The Morgan fingerprint density at radius 3 is 2.74 bits per heavy atom. The van der Waals surface area contributed by atoms with Crippen LogP contribution in [0.2, 0.25) is 0 Å². The first-order chi connectivity index (χ1) is 13.0. The van der Waals surface area contributed by atoms with E-state index in [1.807, 2.05) is 38.1 Å². The topological polar surface area (TPSA) is 71.5 Å². The van der Waals surface area contributed by atoms with Crippen LogP contribution in [-0.4, -0.2) is 41.4 Å². The van der Waals surface area contributed by atoms with Gasteiger partial charge in [0.2, 0.25) is 11.8 Å². The maximum atomic E-state index is 12.7. The van der Waals surface area contributed by atoms with Crippen LogP contribution < -0.4 is 10.1 Å². The zero-order valence-electron chi connectivity index (χ0n) is 15.9. The fraction of sp³-hybridized carbons (Fsp3) is 0.450. The van der Waals surface area contributed by atoms with Crippen LogP contribution in [0.5, 0.6) is 5.75 Å². The number of benzene rings is 1. The molecule has 0 radical (unpaired) electrons. The standard InChI is InChI=1S/C20H25N3O3S/c1-4-6-17(24)23-12-5-7-16(23)19(25)22-20-21-18(13(2)27-20)14-8-10-15(26-3)11-9-14/h8-11,16H,4-7,12H2,1-3H3,(H,21,22,25). The Morgan fingerprint density at radius 2 is 2.07 bits per heavy atom. The van der Waals surface area contributed by atoms with Crippen molar-refractivity contribution in [3.8, 4) is 17.0 Å². The lowest BCUT2D eigenvalue weighted by Gasteiger charge is -2.23. The number of aromatic nitrogens is 1. The average Bonchev–Trinajstić information content (AvgIpc) is 3.29. The second-order valence-electron chi connectivity index (χ2n) is 6.64. The van der Waals surface area contributed by atoms with E-state index in [1.165, 1.54) is 11.3 Å². The average molecular weight is 388 g/mol. The van der Waals surface area contributed by atoms with E-state index >= 15 is 0 Å². The van der Waals surface area contributed by atoms with Crippen LogP contribution in [0.15, 0.2) is 24.3 Å². The number of hydrogen-bond acceptors (Lipinski definition) is 5. The van der Waals surface area contributed by atoms with Crippen LogP contribution in [0.3, 0.4) is 0 Å². The normalized spacial score (nSPS) is 16.4. The van der Waals surface area contributed by atoms with E-state index in [0.29, 0.717) is 24.5 Å². The molecule has 2 aromatic rings. The van der Waals surface area contributed by atoms with Crippen molar-refractivity contribution in [2.45, 2.75) is 45.6 Å². The molecule has 2 heterocycles. The highest BCUT2D eigenvalue weighted by atomic mass is 32.1. The summed E-state index contributed by atoms with van der Waals surface area (Å²) in [5, 5.41) is 3.48. The van der Waals surface area contributed by atoms with Gasteiger partial charge in [0.1, 0.15) is 11.8 Å². The lowest BCUT2D eigenvalue weighted by Crippen LogP contribution is -2.43. The van der Waals surface area contributed by atoms with Gasteiger partial charge < -0.3 is 15.0 Å². The van der Waals surface area contributed by atoms with Crippen molar-refractivity contribution in [1.82, 2.24) is 9.88 Å². The molecule has 0 aliphatic carbocycles. The molecular formula is C20H25N3O3S. The Kier molecular flexibility index (Phi) is 6.11.